The molecule has 0 fully saturated rings. The molecule has 0 aromatic carbocycles. The molecular formula is C13H23NO3. The van der Waals surface area contributed by atoms with E-state index in [4.69, 9.17) is 13.9 Å². The SMILES string of the molecule is COCC(CNC(C)(C)C)OCc1ccco1. The summed E-state index contributed by atoms with van der Waals surface area (Å²) in [5.74, 6) is 0.835. The molecule has 1 heterocycles. The minimum Gasteiger partial charge on any atom is -0.467 e. The molecule has 4 heteroatoms. The predicted molar refractivity (Wildman–Crippen MR) is 66.9 cm³/mol. The fourth-order valence-corrected chi connectivity index (χ4v) is 1.37. The summed E-state index contributed by atoms with van der Waals surface area (Å²) in [7, 11) is 1.68. The second-order valence-electron chi connectivity index (χ2n) is 5.10. The molecule has 0 aliphatic rings. The van der Waals surface area contributed by atoms with Crippen molar-refractivity contribution in [3.8, 4) is 0 Å². The van der Waals surface area contributed by atoms with Gasteiger partial charge < -0.3 is 19.2 Å². The van der Waals surface area contributed by atoms with Crippen molar-refractivity contribution in [1.82, 2.24) is 5.32 Å². The lowest BCUT2D eigenvalue weighted by molar-refractivity contribution is -0.0185. The Balaban J connectivity index is 2.32. The van der Waals surface area contributed by atoms with Crippen molar-refractivity contribution in [2.45, 2.75) is 39.0 Å². The standard InChI is InChI=1S/C13H23NO3/c1-13(2,3)14-8-12(9-15-4)17-10-11-6-5-7-16-11/h5-7,12,14H,8-10H2,1-4H3. The Morgan fingerprint density at radius 3 is 2.71 bits per heavy atom. The number of ether oxygens (including phenoxy) is 2. The van der Waals surface area contributed by atoms with Crippen molar-refractivity contribution in [2.24, 2.45) is 0 Å². The second kappa shape index (κ2) is 6.79. The number of hydrogen-bond donors (Lipinski definition) is 1. The van der Waals surface area contributed by atoms with Crippen LogP contribution >= 0.6 is 0 Å². The van der Waals surface area contributed by atoms with Crippen molar-refractivity contribution in [2.75, 3.05) is 20.3 Å². The third kappa shape index (κ3) is 6.46. The van der Waals surface area contributed by atoms with Gasteiger partial charge >= 0.3 is 0 Å². The van der Waals surface area contributed by atoms with Crippen LogP contribution in [0.5, 0.6) is 0 Å². The summed E-state index contributed by atoms with van der Waals surface area (Å²) in [5.41, 5.74) is 0.0834. The van der Waals surface area contributed by atoms with Crippen LogP contribution in [-0.4, -0.2) is 31.9 Å². The Morgan fingerprint density at radius 2 is 2.18 bits per heavy atom. The molecule has 1 atom stereocenters. The summed E-state index contributed by atoms with van der Waals surface area (Å²) < 4.78 is 16.1. The minimum atomic E-state index is 0.0318. The predicted octanol–water partition coefficient (Wildman–Crippen LogP) is 2.20. The molecule has 0 aliphatic carbocycles. The normalized spacial score (nSPS) is 13.9. The third-order valence-electron chi connectivity index (χ3n) is 2.25. The maximum Gasteiger partial charge on any atom is 0.129 e. The Hall–Kier alpha value is -0.840. The number of furan rings is 1. The first kappa shape index (κ1) is 14.2. The van der Waals surface area contributed by atoms with Crippen LogP contribution in [-0.2, 0) is 16.1 Å². The number of methoxy groups -OCH3 is 1. The highest BCUT2D eigenvalue weighted by molar-refractivity contribution is 4.96. The van der Waals surface area contributed by atoms with Gasteiger partial charge in [-0.25, -0.2) is 0 Å². The van der Waals surface area contributed by atoms with E-state index in [0.717, 1.165) is 12.3 Å². The molecule has 0 radical (unpaired) electrons. The van der Waals surface area contributed by atoms with Gasteiger partial charge in [-0.3, -0.25) is 0 Å². The smallest absolute Gasteiger partial charge is 0.129 e. The molecule has 0 aliphatic heterocycles. The summed E-state index contributed by atoms with van der Waals surface area (Å²) in [6.45, 7) is 8.20. The van der Waals surface area contributed by atoms with E-state index in [1.807, 2.05) is 12.1 Å². The van der Waals surface area contributed by atoms with Crippen LogP contribution in [0.25, 0.3) is 0 Å². The van der Waals surface area contributed by atoms with Crippen LogP contribution in [0.2, 0.25) is 0 Å². The first-order valence-corrected chi connectivity index (χ1v) is 5.89. The quantitative estimate of drug-likeness (QED) is 0.794. The maximum absolute atomic E-state index is 5.74. The lowest BCUT2D eigenvalue weighted by Crippen LogP contribution is -2.43. The van der Waals surface area contributed by atoms with Gasteiger partial charge in [-0.05, 0) is 32.9 Å². The molecule has 17 heavy (non-hydrogen) atoms. The van der Waals surface area contributed by atoms with Crippen LogP contribution in [0.1, 0.15) is 26.5 Å². The van der Waals surface area contributed by atoms with E-state index >= 15 is 0 Å². The van der Waals surface area contributed by atoms with Crippen LogP contribution in [0.4, 0.5) is 0 Å². The molecule has 1 unspecified atom stereocenters. The van der Waals surface area contributed by atoms with E-state index in [9.17, 15) is 0 Å². The molecule has 1 aromatic heterocycles. The van der Waals surface area contributed by atoms with Gasteiger partial charge in [0.15, 0.2) is 0 Å². The maximum atomic E-state index is 5.74. The van der Waals surface area contributed by atoms with Crippen molar-refractivity contribution in [3.05, 3.63) is 24.2 Å². The Bertz CT molecular complexity index is 290. The highest BCUT2D eigenvalue weighted by Gasteiger charge is 2.15. The summed E-state index contributed by atoms with van der Waals surface area (Å²) in [4.78, 5) is 0. The fraction of sp³-hybridized carbons (Fsp3) is 0.692. The molecule has 1 aromatic rings. The number of nitrogens with one attached hydrogen (secondary N) is 1. The first-order chi connectivity index (χ1) is 8.01. The molecule has 0 saturated heterocycles. The van der Waals surface area contributed by atoms with Crippen molar-refractivity contribution in [3.63, 3.8) is 0 Å². The molecular weight excluding hydrogens is 218 g/mol. The zero-order valence-electron chi connectivity index (χ0n) is 11.2. The monoisotopic (exact) mass is 241 g/mol. The van der Waals surface area contributed by atoms with E-state index < -0.39 is 0 Å². The van der Waals surface area contributed by atoms with E-state index in [0.29, 0.717) is 13.2 Å². The van der Waals surface area contributed by atoms with Gasteiger partial charge in [0.2, 0.25) is 0 Å². The van der Waals surface area contributed by atoms with Crippen molar-refractivity contribution in [1.29, 1.82) is 0 Å². The number of rotatable bonds is 7. The Morgan fingerprint density at radius 1 is 1.41 bits per heavy atom. The third-order valence-corrected chi connectivity index (χ3v) is 2.25. The largest absolute Gasteiger partial charge is 0.467 e. The zero-order valence-corrected chi connectivity index (χ0v) is 11.2. The fourth-order valence-electron chi connectivity index (χ4n) is 1.37. The number of hydrogen-bond acceptors (Lipinski definition) is 4. The van der Waals surface area contributed by atoms with Crippen LogP contribution in [0.3, 0.4) is 0 Å². The highest BCUT2D eigenvalue weighted by atomic mass is 16.5. The average molecular weight is 241 g/mol. The lowest BCUT2D eigenvalue weighted by Gasteiger charge is -2.25. The Labute approximate surface area is 103 Å². The van der Waals surface area contributed by atoms with Crippen LogP contribution in [0, 0.1) is 0 Å². The molecule has 0 amide bonds. The molecule has 1 N–H and O–H groups in total. The van der Waals surface area contributed by atoms with E-state index in [-0.39, 0.29) is 11.6 Å². The second-order valence-corrected chi connectivity index (χ2v) is 5.10. The summed E-state index contributed by atoms with van der Waals surface area (Å²) >= 11 is 0. The van der Waals surface area contributed by atoms with Gasteiger partial charge in [0.1, 0.15) is 12.4 Å². The average Bonchev–Trinajstić information content (AvgIpc) is 2.74. The van der Waals surface area contributed by atoms with E-state index in [2.05, 4.69) is 26.1 Å². The van der Waals surface area contributed by atoms with Crippen LogP contribution < -0.4 is 5.32 Å². The molecule has 0 bridgehead atoms. The molecule has 98 valence electrons. The topological polar surface area (TPSA) is 43.6 Å². The van der Waals surface area contributed by atoms with E-state index in [1.165, 1.54) is 0 Å². The van der Waals surface area contributed by atoms with Gasteiger partial charge in [-0.2, -0.15) is 0 Å². The van der Waals surface area contributed by atoms with Gasteiger partial charge in [-0.1, -0.05) is 0 Å². The van der Waals surface area contributed by atoms with Gasteiger partial charge in [0.25, 0.3) is 0 Å². The molecule has 4 nitrogen and oxygen atoms in total. The Kier molecular flexibility index (Phi) is 5.68. The van der Waals surface area contributed by atoms with Gasteiger partial charge in [0.05, 0.1) is 19.0 Å². The summed E-state index contributed by atoms with van der Waals surface area (Å²) in [5, 5.41) is 3.40. The lowest BCUT2D eigenvalue weighted by atomic mass is 10.1. The molecule has 0 spiro atoms. The van der Waals surface area contributed by atoms with Crippen molar-refractivity contribution >= 4 is 0 Å². The first-order valence-electron chi connectivity index (χ1n) is 5.89. The van der Waals surface area contributed by atoms with Crippen molar-refractivity contribution < 1.29 is 13.9 Å². The van der Waals surface area contributed by atoms with Crippen LogP contribution in [0.15, 0.2) is 22.8 Å². The van der Waals surface area contributed by atoms with E-state index in [1.54, 1.807) is 13.4 Å². The van der Waals surface area contributed by atoms with Gasteiger partial charge in [-0.15, -0.1) is 0 Å². The molecule has 1 rings (SSSR count). The van der Waals surface area contributed by atoms with Gasteiger partial charge in [0, 0.05) is 19.2 Å². The highest BCUT2D eigenvalue weighted by Crippen LogP contribution is 2.06. The summed E-state index contributed by atoms with van der Waals surface area (Å²) in [6, 6.07) is 3.76. The molecule has 0 saturated carbocycles. The zero-order chi connectivity index (χ0) is 12.7. The summed E-state index contributed by atoms with van der Waals surface area (Å²) in [6.07, 6.45) is 1.68. The minimum absolute atomic E-state index is 0.0318.